The fraction of sp³-hybridized carbons (Fsp3) is 0.0847. The lowest BCUT2D eigenvalue weighted by molar-refractivity contribution is 0.659. The summed E-state index contributed by atoms with van der Waals surface area (Å²) in [7, 11) is 0. The Balaban J connectivity index is 1.04. The van der Waals surface area contributed by atoms with Gasteiger partial charge in [-0.2, -0.15) is 0 Å². The summed E-state index contributed by atoms with van der Waals surface area (Å²) in [6.07, 6.45) is 4.52. The van der Waals surface area contributed by atoms with Gasteiger partial charge in [0.05, 0.1) is 0 Å². The summed E-state index contributed by atoms with van der Waals surface area (Å²) in [5.74, 6) is 0. The Bertz CT molecular complexity index is 3600. The second-order valence-electron chi connectivity index (χ2n) is 16.7. The second kappa shape index (κ2) is 14.0. The third-order valence-electron chi connectivity index (χ3n) is 13.0. The molecule has 286 valence electrons. The molecule has 0 atom stereocenters. The standard InChI is InChI=1S/C59H44O/c1-5-45-46(6-2)48(20-10-8-7-9-19-47(45)43-29-25-37-17-11-12-18-38(37)34-43)44-30-28-39-33-40(26-27-41(39)35-44)42-31-32-53-52(36-42)55-49-21-13-14-22-50(49)58-56(57(55)59(53,3)4)51-23-15-16-24-54(51)60-58/h5-36H,1-4H3/b9-7?,10-8?,45-5+,46-6+,47-19?,48-20?. The van der Waals surface area contributed by atoms with Crippen LogP contribution in [-0.2, 0) is 5.41 Å². The molecule has 0 saturated carbocycles. The molecule has 1 heterocycles. The maximum absolute atomic E-state index is 6.63. The topological polar surface area (TPSA) is 13.1 Å². The van der Waals surface area contributed by atoms with Crippen molar-refractivity contribution in [1.29, 1.82) is 0 Å². The number of fused-ring (bicyclic) bond motifs is 12. The van der Waals surface area contributed by atoms with Gasteiger partial charge in [-0.15, -0.1) is 0 Å². The van der Waals surface area contributed by atoms with E-state index in [1.807, 2.05) is 0 Å². The first-order valence-electron chi connectivity index (χ1n) is 21.1. The Morgan fingerprint density at radius 1 is 0.417 bits per heavy atom. The van der Waals surface area contributed by atoms with Crippen molar-refractivity contribution in [2.75, 3.05) is 0 Å². The molecule has 0 unspecified atom stereocenters. The monoisotopic (exact) mass is 768 g/mol. The molecular weight excluding hydrogens is 725 g/mol. The highest BCUT2D eigenvalue weighted by molar-refractivity contribution is 6.23. The molecule has 1 aliphatic rings. The third-order valence-corrected chi connectivity index (χ3v) is 13.0. The van der Waals surface area contributed by atoms with Crippen LogP contribution < -0.4 is 10.4 Å². The molecule has 1 aliphatic carbocycles. The van der Waals surface area contributed by atoms with Crippen molar-refractivity contribution in [3.05, 3.63) is 204 Å². The molecule has 0 amide bonds. The van der Waals surface area contributed by atoms with E-state index >= 15 is 0 Å². The van der Waals surface area contributed by atoms with Crippen LogP contribution in [0.4, 0.5) is 0 Å². The number of para-hydroxylation sites is 1. The Morgan fingerprint density at radius 2 is 0.917 bits per heavy atom. The second-order valence-corrected chi connectivity index (χ2v) is 16.7. The van der Waals surface area contributed by atoms with E-state index in [4.69, 9.17) is 4.42 Å². The summed E-state index contributed by atoms with van der Waals surface area (Å²) in [5.41, 5.74) is 14.3. The van der Waals surface area contributed by atoms with Gasteiger partial charge in [0.1, 0.15) is 11.2 Å². The van der Waals surface area contributed by atoms with Crippen LogP contribution in [0.1, 0.15) is 38.8 Å². The summed E-state index contributed by atoms with van der Waals surface area (Å²) in [6.45, 7) is 9.06. The van der Waals surface area contributed by atoms with Gasteiger partial charge in [-0.05, 0) is 137 Å². The average molecular weight is 769 g/mol. The summed E-state index contributed by atoms with van der Waals surface area (Å²) < 4.78 is 6.63. The van der Waals surface area contributed by atoms with Crippen molar-refractivity contribution >= 4 is 66.4 Å². The molecule has 0 radical (unpaired) electrons. The lowest BCUT2D eigenvalue weighted by atomic mass is 9.79. The van der Waals surface area contributed by atoms with E-state index in [1.54, 1.807) is 0 Å². The zero-order chi connectivity index (χ0) is 40.5. The predicted molar refractivity (Wildman–Crippen MR) is 257 cm³/mol. The zero-order valence-electron chi connectivity index (χ0n) is 34.4. The van der Waals surface area contributed by atoms with Crippen LogP contribution in [0.5, 0.6) is 0 Å². The van der Waals surface area contributed by atoms with E-state index in [0.717, 1.165) is 11.2 Å². The minimum Gasteiger partial charge on any atom is -0.455 e. The maximum Gasteiger partial charge on any atom is 0.143 e. The van der Waals surface area contributed by atoms with E-state index in [0.29, 0.717) is 0 Å². The Labute approximate surface area is 350 Å². The summed E-state index contributed by atoms with van der Waals surface area (Å²) >= 11 is 0. The van der Waals surface area contributed by atoms with Crippen molar-refractivity contribution in [2.24, 2.45) is 0 Å². The van der Waals surface area contributed by atoms with Crippen LogP contribution in [0.15, 0.2) is 186 Å². The van der Waals surface area contributed by atoms with Gasteiger partial charge in [0.25, 0.3) is 0 Å². The van der Waals surface area contributed by atoms with Gasteiger partial charge in [-0.3, -0.25) is 0 Å². The zero-order valence-corrected chi connectivity index (χ0v) is 34.4. The quantitative estimate of drug-likeness (QED) is 0.174. The number of benzene rings is 8. The van der Waals surface area contributed by atoms with E-state index in [2.05, 4.69) is 222 Å². The first-order valence-corrected chi connectivity index (χ1v) is 21.1. The minimum absolute atomic E-state index is 0.197. The highest BCUT2D eigenvalue weighted by Crippen LogP contribution is 2.56. The molecule has 1 heteroatoms. The van der Waals surface area contributed by atoms with Gasteiger partial charge in [0.15, 0.2) is 0 Å². The molecule has 11 rings (SSSR count). The molecule has 0 saturated heterocycles. The van der Waals surface area contributed by atoms with Crippen LogP contribution in [0.2, 0.25) is 0 Å². The number of rotatable bonds is 3. The molecular formula is C59H44O. The van der Waals surface area contributed by atoms with Gasteiger partial charge in [-0.25, -0.2) is 0 Å². The van der Waals surface area contributed by atoms with Crippen molar-refractivity contribution < 1.29 is 4.42 Å². The molecule has 0 N–H and O–H groups in total. The SMILES string of the molecule is C/C=c1/c(-c2ccc3ccccc3c2)ccccccc(-c2ccc3cc(-c4ccc5c(c4)-c4c(c6c7ccccc7oc6c6ccccc46)C5(C)C)ccc3c2)/c1=C/C. The number of hydrogen-bond donors (Lipinski definition) is 0. The Hall–Kier alpha value is -7.22. The van der Waals surface area contributed by atoms with Gasteiger partial charge < -0.3 is 4.42 Å². The fourth-order valence-electron chi connectivity index (χ4n) is 10.1. The molecule has 9 aromatic carbocycles. The fourth-order valence-corrected chi connectivity index (χ4v) is 10.1. The predicted octanol–water partition coefficient (Wildman–Crippen LogP) is 15.1. The van der Waals surface area contributed by atoms with Crippen LogP contribution in [-0.4, -0.2) is 0 Å². The summed E-state index contributed by atoms with van der Waals surface area (Å²) in [4.78, 5) is 0. The highest BCUT2D eigenvalue weighted by atomic mass is 16.3. The van der Waals surface area contributed by atoms with Crippen molar-refractivity contribution in [3.63, 3.8) is 0 Å². The van der Waals surface area contributed by atoms with Crippen molar-refractivity contribution in [2.45, 2.75) is 33.1 Å². The first-order chi connectivity index (χ1) is 29.4. The van der Waals surface area contributed by atoms with Crippen LogP contribution >= 0.6 is 0 Å². The average Bonchev–Trinajstić information content (AvgIpc) is 3.79. The van der Waals surface area contributed by atoms with E-state index in [1.165, 1.54) is 109 Å². The van der Waals surface area contributed by atoms with Crippen LogP contribution in [0.3, 0.4) is 0 Å². The van der Waals surface area contributed by atoms with Gasteiger partial charge >= 0.3 is 0 Å². The largest absolute Gasteiger partial charge is 0.455 e. The number of hydrogen-bond acceptors (Lipinski definition) is 1. The number of furan rings is 1. The summed E-state index contributed by atoms with van der Waals surface area (Å²) in [6, 6.07) is 66.7. The minimum atomic E-state index is -0.197. The van der Waals surface area contributed by atoms with E-state index in [-0.39, 0.29) is 5.41 Å². The van der Waals surface area contributed by atoms with Gasteiger partial charge in [0.2, 0.25) is 0 Å². The molecule has 0 aliphatic heterocycles. The lowest BCUT2D eigenvalue weighted by Gasteiger charge is -2.23. The van der Waals surface area contributed by atoms with Crippen molar-refractivity contribution in [1.82, 2.24) is 0 Å². The molecule has 0 bridgehead atoms. The summed E-state index contributed by atoms with van der Waals surface area (Å²) in [5, 5.41) is 12.2. The molecule has 10 aromatic rings. The smallest absolute Gasteiger partial charge is 0.143 e. The van der Waals surface area contributed by atoms with E-state index < -0.39 is 0 Å². The lowest BCUT2D eigenvalue weighted by Crippen LogP contribution is -2.27. The first kappa shape index (κ1) is 35.9. The molecule has 60 heavy (non-hydrogen) atoms. The normalized spacial score (nSPS) is 13.7. The van der Waals surface area contributed by atoms with Gasteiger partial charge in [0, 0.05) is 21.6 Å². The van der Waals surface area contributed by atoms with Crippen LogP contribution in [0.25, 0.3) is 111 Å². The highest BCUT2D eigenvalue weighted by Gasteiger charge is 2.40. The van der Waals surface area contributed by atoms with E-state index in [9.17, 15) is 0 Å². The van der Waals surface area contributed by atoms with Crippen LogP contribution in [0, 0.1) is 0 Å². The van der Waals surface area contributed by atoms with Crippen molar-refractivity contribution in [3.8, 4) is 44.5 Å². The molecule has 0 fully saturated rings. The molecule has 1 nitrogen and oxygen atoms in total. The maximum atomic E-state index is 6.63. The third kappa shape index (κ3) is 5.53. The Kier molecular flexibility index (Phi) is 8.36. The molecule has 1 aromatic heterocycles. The molecule has 0 spiro atoms. The van der Waals surface area contributed by atoms with Gasteiger partial charge in [-0.1, -0.05) is 178 Å². The Morgan fingerprint density at radius 3 is 1.60 bits per heavy atom.